The zero-order valence-electron chi connectivity index (χ0n) is 15.9. The van der Waals surface area contributed by atoms with E-state index in [1.165, 1.54) is 30.6 Å². The van der Waals surface area contributed by atoms with Crippen molar-refractivity contribution in [3.8, 4) is 17.1 Å². The lowest BCUT2D eigenvalue weighted by Crippen LogP contribution is -2.15. The summed E-state index contributed by atoms with van der Waals surface area (Å²) in [5.74, 6) is 0.366. The summed E-state index contributed by atoms with van der Waals surface area (Å²) in [7, 11) is 1.56. The highest BCUT2D eigenvalue weighted by atomic mass is 32.2. The molecule has 1 amide bonds. The third-order valence-electron chi connectivity index (χ3n) is 4.54. The molecule has 0 radical (unpaired) electrons. The Morgan fingerprint density at radius 1 is 1.24 bits per heavy atom. The molecule has 1 saturated carbocycles. The van der Waals surface area contributed by atoms with E-state index in [-0.39, 0.29) is 12.3 Å². The zero-order chi connectivity index (χ0) is 20.1. The van der Waals surface area contributed by atoms with E-state index in [4.69, 9.17) is 4.74 Å². The molecule has 150 valence electrons. The zero-order valence-corrected chi connectivity index (χ0v) is 17.6. The van der Waals surface area contributed by atoms with Crippen molar-refractivity contribution in [1.29, 1.82) is 0 Å². The molecule has 29 heavy (non-hydrogen) atoms. The lowest BCUT2D eigenvalue weighted by molar-refractivity contribution is -0.115. The van der Waals surface area contributed by atoms with Crippen LogP contribution in [0.4, 0.5) is 10.8 Å². The number of nitrogens with one attached hydrogen (secondary N) is 2. The van der Waals surface area contributed by atoms with Gasteiger partial charge in [0.2, 0.25) is 11.8 Å². The van der Waals surface area contributed by atoms with Crippen LogP contribution in [0.25, 0.3) is 11.3 Å². The average molecular weight is 428 g/mol. The quantitative estimate of drug-likeness (QED) is 0.515. The van der Waals surface area contributed by atoms with E-state index in [0.717, 1.165) is 22.1 Å². The van der Waals surface area contributed by atoms with Gasteiger partial charge < -0.3 is 14.8 Å². The molecule has 0 saturated heterocycles. The van der Waals surface area contributed by atoms with Gasteiger partial charge in [-0.2, -0.15) is 0 Å². The monoisotopic (exact) mass is 427 g/mol. The van der Waals surface area contributed by atoms with Crippen molar-refractivity contribution in [3.05, 3.63) is 47.7 Å². The Balaban J connectivity index is 1.30. The maximum atomic E-state index is 12.3. The second-order valence-electron chi connectivity index (χ2n) is 6.67. The van der Waals surface area contributed by atoms with Crippen LogP contribution >= 0.6 is 23.3 Å². The summed E-state index contributed by atoms with van der Waals surface area (Å²) in [5, 5.41) is 6.38. The summed E-state index contributed by atoms with van der Waals surface area (Å²) in [6, 6.07) is 7.47. The number of thiazole rings is 1. The van der Waals surface area contributed by atoms with Gasteiger partial charge in [0, 0.05) is 21.9 Å². The summed E-state index contributed by atoms with van der Waals surface area (Å²) in [5.41, 5.74) is 3.11. The fourth-order valence-electron chi connectivity index (χ4n) is 2.74. The minimum atomic E-state index is -0.0950. The standard InChI is InChI=1S/C20H21N5O2S2/c1-27-19-11-21-10-17(24-19)13-5-7-14(8-6-13)22-18(26)9-15-12-28-20(23-15)25-29-16-3-2-4-16/h5-8,10-12,16H,2-4,9H2,1H3,(H,22,26)(H,23,25). The molecule has 3 aromatic rings. The van der Waals surface area contributed by atoms with Gasteiger partial charge in [0.1, 0.15) is 0 Å². The summed E-state index contributed by atoms with van der Waals surface area (Å²) in [4.78, 5) is 25.3. The van der Waals surface area contributed by atoms with Gasteiger partial charge in [0.25, 0.3) is 0 Å². The first-order valence-corrected chi connectivity index (χ1v) is 11.1. The minimum Gasteiger partial charge on any atom is -0.480 e. The lowest BCUT2D eigenvalue weighted by atomic mass is 10.0. The summed E-state index contributed by atoms with van der Waals surface area (Å²) >= 11 is 3.26. The second-order valence-corrected chi connectivity index (χ2v) is 8.63. The van der Waals surface area contributed by atoms with Crippen molar-refractivity contribution < 1.29 is 9.53 Å². The Morgan fingerprint density at radius 3 is 2.79 bits per heavy atom. The molecular formula is C20H21N5O2S2. The molecule has 0 aliphatic heterocycles. The third kappa shape index (κ3) is 5.24. The van der Waals surface area contributed by atoms with Crippen LogP contribution in [0.3, 0.4) is 0 Å². The van der Waals surface area contributed by atoms with Crippen molar-refractivity contribution in [2.75, 3.05) is 17.1 Å². The number of nitrogens with zero attached hydrogens (tertiary/aromatic N) is 3. The molecule has 2 heterocycles. The number of ether oxygens (including phenoxy) is 1. The van der Waals surface area contributed by atoms with Crippen molar-refractivity contribution in [3.63, 3.8) is 0 Å². The van der Waals surface area contributed by atoms with Crippen molar-refractivity contribution in [2.45, 2.75) is 30.9 Å². The first-order chi connectivity index (χ1) is 14.2. The highest BCUT2D eigenvalue weighted by molar-refractivity contribution is 8.01. The van der Waals surface area contributed by atoms with Crippen molar-refractivity contribution in [2.24, 2.45) is 0 Å². The summed E-state index contributed by atoms with van der Waals surface area (Å²) < 4.78 is 8.40. The number of anilines is 2. The average Bonchev–Trinajstić information content (AvgIpc) is 3.14. The van der Waals surface area contributed by atoms with Crippen LogP contribution in [-0.4, -0.2) is 33.2 Å². The number of amides is 1. The smallest absolute Gasteiger partial charge is 0.232 e. The first kappa shape index (κ1) is 19.7. The van der Waals surface area contributed by atoms with E-state index < -0.39 is 0 Å². The van der Waals surface area contributed by atoms with Crippen LogP contribution in [0.15, 0.2) is 42.0 Å². The Bertz CT molecular complexity index is 973. The fourth-order valence-corrected chi connectivity index (χ4v) is 4.51. The second kappa shape index (κ2) is 9.23. The molecule has 7 nitrogen and oxygen atoms in total. The Kier molecular flexibility index (Phi) is 6.26. The molecule has 9 heteroatoms. The Hall–Kier alpha value is -2.65. The van der Waals surface area contributed by atoms with Crippen LogP contribution in [0.2, 0.25) is 0 Å². The molecule has 0 unspecified atom stereocenters. The number of benzene rings is 1. The molecule has 4 rings (SSSR count). The minimum absolute atomic E-state index is 0.0950. The molecule has 0 bridgehead atoms. The molecule has 1 aliphatic rings. The van der Waals surface area contributed by atoms with E-state index >= 15 is 0 Å². The van der Waals surface area contributed by atoms with Crippen LogP contribution in [-0.2, 0) is 11.2 Å². The van der Waals surface area contributed by atoms with Crippen LogP contribution in [0, 0.1) is 0 Å². The van der Waals surface area contributed by atoms with E-state index in [1.807, 2.05) is 29.6 Å². The highest BCUT2D eigenvalue weighted by Crippen LogP contribution is 2.32. The van der Waals surface area contributed by atoms with Gasteiger partial charge in [-0.1, -0.05) is 18.6 Å². The lowest BCUT2D eigenvalue weighted by Gasteiger charge is -2.23. The van der Waals surface area contributed by atoms with Crippen molar-refractivity contribution in [1.82, 2.24) is 15.0 Å². The van der Waals surface area contributed by atoms with Gasteiger partial charge >= 0.3 is 0 Å². The van der Waals surface area contributed by atoms with Crippen LogP contribution in [0.1, 0.15) is 25.0 Å². The number of hydrogen-bond donors (Lipinski definition) is 2. The predicted octanol–water partition coefficient (Wildman–Crippen LogP) is 4.40. The van der Waals surface area contributed by atoms with E-state index in [1.54, 1.807) is 31.5 Å². The highest BCUT2D eigenvalue weighted by Gasteiger charge is 2.18. The molecule has 1 aromatic carbocycles. The normalized spacial score (nSPS) is 13.6. The van der Waals surface area contributed by atoms with Gasteiger partial charge in [-0.05, 0) is 36.9 Å². The fraction of sp³-hybridized carbons (Fsp3) is 0.300. The topological polar surface area (TPSA) is 89.0 Å². The predicted molar refractivity (Wildman–Crippen MR) is 117 cm³/mol. The third-order valence-corrected chi connectivity index (χ3v) is 6.60. The van der Waals surface area contributed by atoms with E-state index in [2.05, 4.69) is 25.0 Å². The Morgan fingerprint density at radius 2 is 2.07 bits per heavy atom. The van der Waals surface area contributed by atoms with E-state index in [9.17, 15) is 4.79 Å². The summed E-state index contributed by atoms with van der Waals surface area (Å²) in [6.45, 7) is 0. The van der Waals surface area contributed by atoms with Gasteiger partial charge in [0.15, 0.2) is 5.13 Å². The van der Waals surface area contributed by atoms with Crippen LogP contribution in [0.5, 0.6) is 5.88 Å². The molecule has 1 fully saturated rings. The maximum absolute atomic E-state index is 12.3. The first-order valence-electron chi connectivity index (χ1n) is 9.32. The number of rotatable bonds is 8. The number of aromatic nitrogens is 3. The van der Waals surface area contributed by atoms with Gasteiger partial charge in [-0.15, -0.1) is 11.3 Å². The molecule has 1 aliphatic carbocycles. The number of carbonyl (C=O) groups excluding carboxylic acids is 1. The Labute approximate surface area is 177 Å². The molecule has 2 N–H and O–H groups in total. The summed E-state index contributed by atoms with van der Waals surface area (Å²) in [6.07, 6.45) is 7.33. The van der Waals surface area contributed by atoms with E-state index in [0.29, 0.717) is 16.8 Å². The maximum Gasteiger partial charge on any atom is 0.232 e. The molecule has 0 spiro atoms. The molecule has 2 aromatic heterocycles. The number of methoxy groups -OCH3 is 1. The molecule has 0 atom stereocenters. The largest absolute Gasteiger partial charge is 0.480 e. The number of carbonyl (C=O) groups is 1. The number of hydrogen-bond acceptors (Lipinski definition) is 8. The van der Waals surface area contributed by atoms with Crippen molar-refractivity contribution >= 4 is 40.0 Å². The van der Waals surface area contributed by atoms with Gasteiger partial charge in [-0.3, -0.25) is 9.78 Å². The van der Waals surface area contributed by atoms with Gasteiger partial charge in [0.05, 0.1) is 37.3 Å². The van der Waals surface area contributed by atoms with Crippen LogP contribution < -0.4 is 14.8 Å². The SMILES string of the molecule is COc1cncc(-c2ccc(NC(=O)Cc3csc(NSC4CCC4)n3)cc2)n1. The van der Waals surface area contributed by atoms with Gasteiger partial charge in [-0.25, -0.2) is 9.97 Å². The molecular weight excluding hydrogens is 406 g/mol.